The molecule has 0 aliphatic carbocycles. The number of aromatic nitrogens is 2. The van der Waals surface area contributed by atoms with Gasteiger partial charge in [0, 0.05) is 12.1 Å². The maximum absolute atomic E-state index is 9.83. The lowest BCUT2D eigenvalue weighted by Crippen LogP contribution is -2.05. The number of hydrogen-bond donors (Lipinski definition) is 1. The molecular formula is C11H20N2O. The fraction of sp³-hybridized carbons (Fsp3) is 0.727. The first-order valence-corrected chi connectivity index (χ1v) is 5.24. The van der Waals surface area contributed by atoms with Crippen molar-refractivity contribution in [2.75, 3.05) is 0 Å². The van der Waals surface area contributed by atoms with Crippen LogP contribution in [-0.4, -0.2) is 14.9 Å². The van der Waals surface area contributed by atoms with Gasteiger partial charge in [-0.3, -0.25) is 0 Å². The van der Waals surface area contributed by atoms with Gasteiger partial charge in [0.05, 0.1) is 6.20 Å². The number of hydrogen-bond acceptors (Lipinski definition) is 2. The summed E-state index contributed by atoms with van der Waals surface area (Å²) in [6, 6.07) is 0. The Morgan fingerprint density at radius 2 is 1.93 bits per heavy atom. The molecule has 1 aromatic rings. The molecule has 0 aromatic carbocycles. The van der Waals surface area contributed by atoms with Crippen LogP contribution in [0.4, 0.5) is 0 Å². The highest BCUT2D eigenvalue weighted by molar-refractivity contribution is 5.22. The molecule has 1 rings (SSSR count). The van der Waals surface area contributed by atoms with Crippen LogP contribution < -0.4 is 0 Å². The van der Waals surface area contributed by atoms with Crippen LogP contribution in [0.2, 0.25) is 0 Å². The minimum atomic E-state index is 0.340. The predicted octanol–water partition coefficient (Wildman–Crippen LogP) is 2.44. The Morgan fingerprint density at radius 1 is 1.29 bits per heavy atom. The topological polar surface area (TPSA) is 38.0 Å². The third-order valence-corrected chi connectivity index (χ3v) is 2.05. The summed E-state index contributed by atoms with van der Waals surface area (Å²) in [7, 11) is 0. The highest BCUT2D eigenvalue weighted by atomic mass is 16.3. The smallest absolute Gasteiger partial charge is 0.212 e. The van der Waals surface area contributed by atoms with E-state index in [1.54, 1.807) is 10.9 Å². The molecule has 1 heterocycles. The molecule has 0 saturated heterocycles. The summed E-state index contributed by atoms with van der Waals surface area (Å²) < 4.78 is 1.68. The summed E-state index contributed by atoms with van der Waals surface area (Å²) in [5.41, 5.74) is 0.959. The second-order valence-electron chi connectivity index (χ2n) is 4.67. The summed E-state index contributed by atoms with van der Waals surface area (Å²) in [5, 5.41) is 14.0. The zero-order valence-corrected chi connectivity index (χ0v) is 9.49. The Balaban J connectivity index is 2.75. The minimum Gasteiger partial charge on any atom is -0.493 e. The van der Waals surface area contributed by atoms with E-state index in [0.717, 1.165) is 18.5 Å². The zero-order chi connectivity index (χ0) is 10.7. The van der Waals surface area contributed by atoms with Gasteiger partial charge >= 0.3 is 0 Å². The van der Waals surface area contributed by atoms with Gasteiger partial charge in [0.1, 0.15) is 0 Å². The Morgan fingerprint density at radius 3 is 2.43 bits per heavy atom. The second-order valence-corrected chi connectivity index (χ2v) is 4.67. The molecular weight excluding hydrogens is 176 g/mol. The number of aromatic hydroxyl groups is 1. The standard InChI is InChI=1S/C11H20N2O/c1-8(2)5-10-6-12-13(11(10)14)7-9(3)4/h6,8-9,14H,5,7H2,1-4H3. The highest BCUT2D eigenvalue weighted by Crippen LogP contribution is 2.20. The van der Waals surface area contributed by atoms with Crippen LogP contribution in [0.1, 0.15) is 33.3 Å². The van der Waals surface area contributed by atoms with Gasteiger partial charge in [-0.2, -0.15) is 5.10 Å². The normalized spacial score (nSPS) is 11.6. The predicted molar refractivity (Wildman–Crippen MR) is 57.3 cm³/mol. The summed E-state index contributed by atoms with van der Waals surface area (Å²) in [6.07, 6.45) is 2.67. The van der Waals surface area contributed by atoms with E-state index in [-0.39, 0.29) is 0 Å². The van der Waals surface area contributed by atoms with Gasteiger partial charge in [-0.15, -0.1) is 0 Å². The molecule has 0 saturated carbocycles. The molecule has 0 aliphatic heterocycles. The van der Waals surface area contributed by atoms with Crippen molar-refractivity contribution in [1.82, 2.24) is 9.78 Å². The van der Waals surface area contributed by atoms with Crippen molar-refractivity contribution in [3.05, 3.63) is 11.8 Å². The summed E-state index contributed by atoms with van der Waals surface area (Å²) in [4.78, 5) is 0. The van der Waals surface area contributed by atoms with Crippen molar-refractivity contribution in [2.24, 2.45) is 11.8 Å². The van der Waals surface area contributed by atoms with Crippen LogP contribution in [0, 0.1) is 11.8 Å². The molecule has 1 aromatic heterocycles. The third kappa shape index (κ3) is 2.76. The van der Waals surface area contributed by atoms with E-state index in [1.807, 2.05) is 0 Å². The van der Waals surface area contributed by atoms with Gasteiger partial charge < -0.3 is 5.11 Å². The van der Waals surface area contributed by atoms with Gasteiger partial charge in [0.2, 0.25) is 5.88 Å². The quantitative estimate of drug-likeness (QED) is 0.803. The minimum absolute atomic E-state index is 0.340. The Hall–Kier alpha value is -0.990. The van der Waals surface area contributed by atoms with Gasteiger partial charge in [0.25, 0.3) is 0 Å². The van der Waals surface area contributed by atoms with E-state index in [9.17, 15) is 5.11 Å². The highest BCUT2D eigenvalue weighted by Gasteiger charge is 2.11. The molecule has 0 aliphatic rings. The zero-order valence-electron chi connectivity index (χ0n) is 9.49. The fourth-order valence-electron chi connectivity index (χ4n) is 1.48. The summed E-state index contributed by atoms with van der Waals surface area (Å²) in [6.45, 7) is 9.29. The second kappa shape index (κ2) is 4.49. The van der Waals surface area contributed by atoms with Crippen LogP contribution in [0.15, 0.2) is 6.20 Å². The van der Waals surface area contributed by atoms with Gasteiger partial charge in [0.15, 0.2) is 0 Å². The molecule has 0 atom stereocenters. The van der Waals surface area contributed by atoms with Gasteiger partial charge in [-0.1, -0.05) is 27.7 Å². The van der Waals surface area contributed by atoms with Crippen LogP contribution in [0.5, 0.6) is 5.88 Å². The first-order valence-electron chi connectivity index (χ1n) is 5.24. The van der Waals surface area contributed by atoms with Crippen molar-refractivity contribution >= 4 is 0 Å². The first kappa shape index (κ1) is 11.1. The van der Waals surface area contributed by atoms with Crippen molar-refractivity contribution < 1.29 is 5.11 Å². The Labute approximate surface area is 85.8 Å². The number of rotatable bonds is 4. The van der Waals surface area contributed by atoms with E-state index < -0.39 is 0 Å². The van der Waals surface area contributed by atoms with Gasteiger partial charge in [-0.25, -0.2) is 4.68 Å². The maximum atomic E-state index is 9.83. The third-order valence-electron chi connectivity index (χ3n) is 2.05. The number of nitrogens with zero attached hydrogens (tertiary/aromatic N) is 2. The Bertz CT molecular complexity index is 262. The Kier molecular flexibility index (Phi) is 3.55. The maximum Gasteiger partial charge on any atom is 0.212 e. The molecule has 3 nitrogen and oxygen atoms in total. The molecule has 1 N–H and O–H groups in total. The van der Waals surface area contributed by atoms with E-state index >= 15 is 0 Å². The summed E-state index contributed by atoms with van der Waals surface area (Å²) >= 11 is 0. The molecule has 0 amide bonds. The molecule has 0 unspecified atom stereocenters. The molecule has 14 heavy (non-hydrogen) atoms. The molecule has 0 fully saturated rings. The van der Waals surface area contributed by atoms with Crippen molar-refractivity contribution in [3.63, 3.8) is 0 Å². The first-order chi connectivity index (χ1) is 6.50. The van der Waals surface area contributed by atoms with Crippen LogP contribution in [0.25, 0.3) is 0 Å². The molecule has 0 radical (unpaired) electrons. The van der Waals surface area contributed by atoms with E-state index in [1.165, 1.54) is 0 Å². The lowest BCUT2D eigenvalue weighted by molar-refractivity contribution is 0.367. The largest absolute Gasteiger partial charge is 0.493 e. The van der Waals surface area contributed by atoms with Gasteiger partial charge in [-0.05, 0) is 18.3 Å². The SMILES string of the molecule is CC(C)Cc1cnn(CC(C)C)c1O. The lowest BCUT2D eigenvalue weighted by Gasteiger charge is -2.07. The van der Waals surface area contributed by atoms with Crippen molar-refractivity contribution in [2.45, 2.75) is 40.7 Å². The van der Waals surface area contributed by atoms with Crippen molar-refractivity contribution in [3.8, 4) is 5.88 Å². The summed E-state index contributed by atoms with van der Waals surface area (Å²) in [5.74, 6) is 1.40. The average Bonchev–Trinajstić information content (AvgIpc) is 2.34. The van der Waals surface area contributed by atoms with E-state index in [0.29, 0.717) is 17.7 Å². The van der Waals surface area contributed by atoms with E-state index in [2.05, 4.69) is 32.8 Å². The molecule has 3 heteroatoms. The molecule has 0 spiro atoms. The average molecular weight is 196 g/mol. The van der Waals surface area contributed by atoms with Crippen molar-refractivity contribution in [1.29, 1.82) is 0 Å². The fourth-order valence-corrected chi connectivity index (χ4v) is 1.48. The monoisotopic (exact) mass is 196 g/mol. The molecule has 80 valence electrons. The van der Waals surface area contributed by atoms with Crippen LogP contribution >= 0.6 is 0 Å². The molecule has 0 bridgehead atoms. The lowest BCUT2D eigenvalue weighted by atomic mass is 10.1. The van der Waals surface area contributed by atoms with Crippen LogP contribution in [-0.2, 0) is 13.0 Å². The van der Waals surface area contributed by atoms with Crippen LogP contribution in [0.3, 0.4) is 0 Å². The van der Waals surface area contributed by atoms with E-state index in [4.69, 9.17) is 0 Å².